The number of thiophene rings is 1. The van der Waals surface area contributed by atoms with E-state index in [0.717, 1.165) is 10.1 Å². The van der Waals surface area contributed by atoms with Crippen molar-refractivity contribution in [3.05, 3.63) is 17.0 Å². The summed E-state index contributed by atoms with van der Waals surface area (Å²) in [7, 11) is 1.62. The molecule has 0 fully saturated rings. The van der Waals surface area contributed by atoms with Gasteiger partial charge in [-0.3, -0.25) is 10.3 Å². The Labute approximate surface area is 58.3 Å². The molecule has 0 radical (unpaired) electrons. The minimum absolute atomic E-state index is 0.882. The summed E-state index contributed by atoms with van der Waals surface area (Å²) in [6, 6.07) is 3.87. The Balaban J connectivity index is 2.85. The molecule has 0 saturated heterocycles. The zero-order valence-corrected chi connectivity index (χ0v) is 6.27. The molecule has 50 valence electrons. The van der Waals surface area contributed by atoms with E-state index in [1.165, 1.54) is 4.88 Å². The van der Waals surface area contributed by atoms with Crippen molar-refractivity contribution in [2.75, 3.05) is 12.1 Å². The van der Waals surface area contributed by atoms with Crippen LogP contribution in [0.15, 0.2) is 12.1 Å². The van der Waals surface area contributed by atoms with Gasteiger partial charge in [0.05, 0.1) is 0 Å². The molecule has 1 rings (SSSR count). The lowest BCUT2D eigenvalue weighted by Gasteiger charge is -2.04. The minimum atomic E-state index is 0.882. The lowest BCUT2D eigenvalue weighted by atomic mass is 10.5. The van der Waals surface area contributed by atoms with Gasteiger partial charge in [-0.15, -0.1) is 11.3 Å². The van der Waals surface area contributed by atoms with Crippen LogP contribution < -0.4 is 5.06 Å². The Bertz CT molecular complexity index is 195. The fourth-order valence-corrected chi connectivity index (χ4v) is 1.33. The van der Waals surface area contributed by atoms with E-state index in [2.05, 4.69) is 0 Å². The molecule has 0 aliphatic carbocycles. The van der Waals surface area contributed by atoms with Crippen molar-refractivity contribution in [2.24, 2.45) is 0 Å². The molecule has 1 aromatic heterocycles. The summed E-state index contributed by atoms with van der Waals surface area (Å²) in [5, 5.41) is 10.9. The third-order valence-electron chi connectivity index (χ3n) is 1.05. The Morgan fingerprint density at radius 2 is 2.22 bits per heavy atom. The number of aryl methyl sites for hydroxylation is 1. The summed E-state index contributed by atoms with van der Waals surface area (Å²) >= 11 is 1.57. The van der Waals surface area contributed by atoms with E-state index < -0.39 is 0 Å². The topological polar surface area (TPSA) is 23.5 Å². The van der Waals surface area contributed by atoms with E-state index in [1.807, 2.05) is 19.1 Å². The quantitative estimate of drug-likeness (QED) is 0.607. The number of hydroxylamine groups is 1. The fraction of sp³-hybridized carbons (Fsp3) is 0.333. The standard InChI is InChI=1S/C6H9NOS/c1-5-3-4-6(9-5)7(2)8/h3-4,8H,1-2H3. The van der Waals surface area contributed by atoms with Crippen molar-refractivity contribution in [1.82, 2.24) is 0 Å². The van der Waals surface area contributed by atoms with Crippen LogP contribution in [0.4, 0.5) is 5.00 Å². The first kappa shape index (κ1) is 6.58. The van der Waals surface area contributed by atoms with Crippen molar-refractivity contribution >= 4 is 16.3 Å². The zero-order chi connectivity index (χ0) is 6.85. The van der Waals surface area contributed by atoms with Gasteiger partial charge in [0.15, 0.2) is 0 Å². The summed E-state index contributed by atoms with van der Waals surface area (Å²) in [5.41, 5.74) is 0. The van der Waals surface area contributed by atoms with E-state index in [0.29, 0.717) is 0 Å². The number of hydrogen-bond donors (Lipinski definition) is 1. The van der Waals surface area contributed by atoms with E-state index in [4.69, 9.17) is 5.21 Å². The van der Waals surface area contributed by atoms with Crippen LogP contribution in [0, 0.1) is 6.92 Å². The fourth-order valence-electron chi connectivity index (χ4n) is 0.596. The first-order valence-electron chi connectivity index (χ1n) is 2.69. The van der Waals surface area contributed by atoms with Crippen LogP contribution in [0.5, 0.6) is 0 Å². The number of hydrogen-bond acceptors (Lipinski definition) is 3. The molecule has 2 nitrogen and oxygen atoms in total. The summed E-state index contributed by atoms with van der Waals surface area (Å²) < 4.78 is 0. The average molecular weight is 143 g/mol. The van der Waals surface area contributed by atoms with Gasteiger partial charge in [0.2, 0.25) is 0 Å². The lowest BCUT2D eigenvalue weighted by Crippen LogP contribution is -2.07. The van der Waals surface area contributed by atoms with Crippen LogP contribution >= 0.6 is 11.3 Å². The number of rotatable bonds is 1. The monoisotopic (exact) mass is 143 g/mol. The second-order valence-corrected chi connectivity index (χ2v) is 3.17. The van der Waals surface area contributed by atoms with Gasteiger partial charge in [0.25, 0.3) is 0 Å². The molecule has 0 aliphatic heterocycles. The predicted octanol–water partition coefficient (Wildman–Crippen LogP) is 1.88. The van der Waals surface area contributed by atoms with Crippen LogP contribution in [0.1, 0.15) is 4.88 Å². The molecule has 0 saturated carbocycles. The Hall–Kier alpha value is -0.540. The molecule has 0 amide bonds. The number of nitrogens with zero attached hydrogens (tertiary/aromatic N) is 1. The molecule has 3 heteroatoms. The van der Waals surface area contributed by atoms with Crippen molar-refractivity contribution in [1.29, 1.82) is 0 Å². The van der Waals surface area contributed by atoms with Crippen molar-refractivity contribution in [3.63, 3.8) is 0 Å². The molecule has 1 heterocycles. The van der Waals surface area contributed by atoms with Gasteiger partial charge < -0.3 is 0 Å². The normalized spacial score (nSPS) is 9.67. The Morgan fingerprint density at radius 3 is 2.44 bits per heavy atom. The molecular weight excluding hydrogens is 134 g/mol. The Morgan fingerprint density at radius 1 is 1.56 bits per heavy atom. The first-order valence-corrected chi connectivity index (χ1v) is 3.51. The molecule has 0 bridgehead atoms. The smallest absolute Gasteiger partial charge is 0.116 e. The van der Waals surface area contributed by atoms with Gasteiger partial charge >= 0.3 is 0 Å². The highest BCUT2D eigenvalue weighted by Crippen LogP contribution is 2.22. The van der Waals surface area contributed by atoms with Crippen LogP contribution in [0.25, 0.3) is 0 Å². The van der Waals surface area contributed by atoms with E-state index >= 15 is 0 Å². The molecule has 1 N–H and O–H groups in total. The minimum Gasteiger partial charge on any atom is -0.288 e. The molecule has 0 aromatic carbocycles. The maximum atomic E-state index is 8.88. The van der Waals surface area contributed by atoms with Gasteiger partial charge in [0, 0.05) is 11.9 Å². The van der Waals surface area contributed by atoms with E-state index in [-0.39, 0.29) is 0 Å². The molecule has 9 heavy (non-hydrogen) atoms. The molecular formula is C6H9NOS. The van der Waals surface area contributed by atoms with Crippen LogP contribution in [-0.2, 0) is 0 Å². The third kappa shape index (κ3) is 1.43. The zero-order valence-electron chi connectivity index (χ0n) is 5.46. The van der Waals surface area contributed by atoms with Gasteiger partial charge in [-0.25, -0.2) is 0 Å². The van der Waals surface area contributed by atoms with E-state index in [9.17, 15) is 0 Å². The second kappa shape index (κ2) is 2.37. The van der Waals surface area contributed by atoms with Crippen molar-refractivity contribution in [2.45, 2.75) is 6.92 Å². The van der Waals surface area contributed by atoms with Crippen LogP contribution in [-0.4, -0.2) is 12.3 Å². The lowest BCUT2D eigenvalue weighted by molar-refractivity contribution is 0.282. The summed E-state index contributed by atoms with van der Waals surface area (Å²) in [5.74, 6) is 0. The van der Waals surface area contributed by atoms with E-state index in [1.54, 1.807) is 18.4 Å². The molecule has 1 aromatic rings. The van der Waals surface area contributed by atoms with Crippen LogP contribution in [0.3, 0.4) is 0 Å². The first-order chi connectivity index (χ1) is 4.20. The van der Waals surface area contributed by atoms with Crippen molar-refractivity contribution < 1.29 is 5.21 Å². The molecule has 0 unspecified atom stereocenters. The third-order valence-corrected chi connectivity index (χ3v) is 2.11. The highest BCUT2D eigenvalue weighted by Gasteiger charge is 1.97. The van der Waals surface area contributed by atoms with Crippen molar-refractivity contribution in [3.8, 4) is 0 Å². The summed E-state index contributed by atoms with van der Waals surface area (Å²) in [4.78, 5) is 1.21. The van der Waals surface area contributed by atoms with Gasteiger partial charge in [-0.2, -0.15) is 0 Å². The summed E-state index contributed by atoms with van der Waals surface area (Å²) in [6.07, 6.45) is 0. The Kier molecular flexibility index (Phi) is 1.73. The second-order valence-electron chi connectivity index (χ2n) is 1.91. The number of anilines is 1. The molecule has 0 spiro atoms. The van der Waals surface area contributed by atoms with Gasteiger partial charge in [-0.1, -0.05) is 0 Å². The highest BCUT2D eigenvalue weighted by atomic mass is 32.1. The SMILES string of the molecule is Cc1ccc(N(C)O)s1. The average Bonchev–Trinajstić information content (AvgIpc) is 2.14. The maximum Gasteiger partial charge on any atom is 0.116 e. The molecule has 0 atom stereocenters. The van der Waals surface area contributed by atoms with Gasteiger partial charge in [0.1, 0.15) is 5.00 Å². The highest BCUT2D eigenvalue weighted by molar-refractivity contribution is 7.15. The maximum absolute atomic E-state index is 8.88. The van der Waals surface area contributed by atoms with Crippen LogP contribution in [0.2, 0.25) is 0 Å². The van der Waals surface area contributed by atoms with Gasteiger partial charge in [-0.05, 0) is 19.1 Å². The summed E-state index contributed by atoms with van der Waals surface area (Å²) in [6.45, 7) is 2.01. The predicted molar refractivity (Wildman–Crippen MR) is 39.2 cm³/mol. The largest absolute Gasteiger partial charge is 0.288 e. The molecule has 0 aliphatic rings.